The molecule has 2 amide bonds. The summed E-state index contributed by atoms with van der Waals surface area (Å²) in [6.45, 7) is 3.80. The molecule has 0 radical (unpaired) electrons. The molecule has 1 saturated heterocycles. The molecule has 1 aliphatic rings. The van der Waals surface area contributed by atoms with Gasteiger partial charge in [0.2, 0.25) is 5.91 Å². The van der Waals surface area contributed by atoms with E-state index in [1.807, 2.05) is 31.2 Å². The van der Waals surface area contributed by atoms with E-state index < -0.39 is 0 Å². The lowest BCUT2D eigenvalue weighted by Crippen LogP contribution is -2.36. The highest BCUT2D eigenvalue weighted by atomic mass is 16.2. The third-order valence-corrected chi connectivity index (χ3v) is 4.49. The molecule has 2 aromatic rings. The normalized spacial score (nSPS) is 13.5. The maximum atomic E-state index is 12.8. The molecule has 26 heavy (non-hydrogen) atoms. The molecule has 0 atom stereocenters. The van der Waals surface area contributed by atoms with Crippen molar-refractivity contribution in [1.29, 1.82) is 0 Å². The number of nitrogens with zero attached hydrogens (tertiary/aromatic N) is 3. The zero-order valence-electron chi connectivity index (χ0n) is 15.2. The molecule has 0 saturated carbocycles. The summed E-state index contributed by atoms with van der Waals surface area (Å²) in [6.07, 6.45) is 3.92. The Hall–Kier alpha value is -2.89. The first-order valence-electron chi connectivity index (χ1n) is 8.86. The fraction of sp³-hybridized carbons (Fsp3) is 0.350. The van der Waals surface area contributed by atoms with E-state index >= 15 is 0 Å². The van der Waals surface area contributed by atoms with Crippen molar-refractivity contribution in [2.75, 3.05) is 36.9 Å². The van der Waals surface area contributed by atoms with Crippen molar-refractivity contribution in [3.05, 3.63) is 53.7 Å². The summed E-state index contributed by atoms with van der Waals surface area (Å²) < 4.78 is 0. The number of carbonyl (C=O) groups excluding carboxylic acids is 2. The van der Waals surface area contributed by atoms with Crippen LogP contribution in [-0.2, 0) is 4.79 Å². The van der Waals surface area contributed by atoms with Crippen LogP contribution in [0.1, 0.15) is 28.8 Å². The first-order valence-corrected chi connectivity index (χ1v) is 8.86. The quantitative estimate of drug-likeness (QED) is 0.898. The van der Waals surface area contributed by atoms with Gasteiger partial charge in [-0.25, -0.2) is 4.98 Å². The number of aryl methyl sites for hydroxylation is 1. The molecule has 1 fully saturated rings. The zero-order chi connectivity index (χ0) is 18.5. The molecular formula is C20H24N4O2. The first kappa shape index (κ1) is 17.9. The van der Waals surface area contributed by atoms with Crippen LogP contribution in [-0.4, -0.2) is 48.4 Å². The largest absolute Gasteiger partial charge is 0.356 e. The Morgan fingerprint density at radius 3 is 2.54 bits per heavy atom. The second-order valence-corrected chi connectivity index (χ2v) is 6.64. The van der Waals surface area contributed by atoms with Crippen molar-refractivity contribution >= 4 is 23.3 Å². The van der Waals surface area contributed by atoms with Gasteiger partial charge in [-0.1, -0.05) is 17.7 Å². The second kappa shape index (κ2) is 7.99. The standard InChI is InChI=1S/C20H24N4O2/c1-15-7-9-16(10-8-15)22-18(25)14-23(2)20(26)17-6-5-11-21-19(17)24-12-3-4-13-24/h5-11H,3-4,12-14H2,1-2H3,(H,22,25). The number of aromatic nitrogens is 1. The van der Waals surface area contributed by atoms with E-state index in [0.29, 0.717) is 11.4 Å². The molecule has 3 rings (SSSR count). The second-order valence-electron chi connectivity index (χ2n) is 6.64. The third kappa shape index (κ3) is 4.20. The van der Waals surface area contributed by atoms with Gasteiger partial charge in [-0.15, -0.1) is 0 Å². The first-order chi connectivity index (χ1) is 12.5. The number of anilines is 2. The Bertz CT molecular complexity index is 783. The molecule has 1 N–H and O–H groups in total. The average molecular weight is 352 g/mol. The number of amides is 2. The molecule has 0 spiro atoms. The third-order valence-electron chi connectivity index (χ3n) is 4.49. The van der Waals surface area contributed by atoms with Crippen LogP contribution in [0.5, 0.6) is 0 Å². The van der Waals surface area contributed by atoms with Crippen LogP contribution in [0.4, 0.5) is 11.5 Å². The summed E-state index contributed by atoms with van der Waals surface area (Å²) in [4.78, 5) is 33.0. The molecule has 6 nitrogen and oxygen atoms in total. The maximum absolute atomic E-state index is 12.8. The van der Waals surface area contributed by atoms with E-state index in [0.717, 1.165) is 37.2 Å². The summed E-state index contributed by atoms with van der Waals surface area (Å²) in [5, 5.41) is 2.82. The predicted molar refractivity (Wildman–Crippen MR) is 102 cm³/mol. The van der Waals surface area contributed by atoms with E-state index in [9.17, 15) is 9.59 Å². The highest BCUT2D eigenvalue weighted by Gasteiger charge is 2.23. The predicted octanol–water partition coefficient (Wildman–Crippen LogP) is 2.70. The van der Waals surface area contributed by atoms with Crippen molar-refractivity contribution in [2.45, 2.75) is 19.8 Å². The fourth-order valence-corrected chi connectivity index (χ4v) is 3.08. The Morgan fingerprint density at radius 1 is 1.15 bits per heavy atom. The maximum Gasteiger partial charge on any atom is 0.257 e. The topological polar surface area (TPSA) is 65.5 Å². The number of hydrogen-bond donors (Lipinski definition) is 1. The summed E-state index contributed by atoms with van der Waals surface area (Å²) in [5.74, 6) is 0.288. The zero-order valence-corrected chi connectivity index (χ0v) is 15.2. The van der Waals surface area contributed by atoms with Gasteiger partial charge < -0.3 is 15.1 Å². The molecule has 1 aromatic carbocycles. The Balaban J connectivity index is 1.66. The molecule has 0 bridgehead atoms. The van der Waals surface area contributed by atoms with Crippen molar-refractivity contribution in [1.82, 2.24) is 9.88 Å². The Kier molecular flexibility index (Phi) is 5.51. The number of benzene rings is 1. The number of rotatable bonds is 5. The number of likely N-dealkylation sites (N-methyl/N-ethyl adjacent to an activating group) is 1. The van der Waals surface area contributed by atoms with Crippen LogP contribution < -0.4 is 10.2 Å². The van der Waals surface area contributed by atoms with E-state index in [4.69, 9.17) is 0 Å². The van der Waals surface area contributed by atoms with Gasteiger partial charge in [0.15, 0.2) is 0 Å². The minimum Gasteiger partial charge on any atom is -0.356 e. The molecule has 0 unspecified atom stereocenters. The molecule has 1 aliphatic heterocycles. The molecule has 2 heterocycles. The van der Waals surface area contributed by atoms with Crippen LogP contribution in [0, 0.1) is 6.92 Å². The number of pyridine rings is 1. The average Bonchev–Trinajstić information content (AvgIpc) is 3.17. The molecule has 1 aromatic heterocycles. The van der Waals surface area contributed by atoms with Crippen LogP contribution in [0.3, 0.4) is 0 Å². The van der Waals surface area contributed by atoms with Crippen LogP contribution in [0.15, 0.2) is 42.6 Å². The molecule has 136 valence electrons. The van der Waals surface area contributed by atoms with Crippen molar-refractivity contribution < 1.29 is 9.59 Å². The summed E-state index contributed by atoms with van der Waals surface area (Å²) in [5.41, 5.74) is 2.39. The molecular weight excluding hydrogens is 328 g/mol. The van der Waals surface area contributed by atoms with Crippen LogP contribution in [0.2, 0.25) is 0 Å². The smallest absolute Gasteiger partial charge is 0.257 e. The van der Waals surface area contributed by atoms with Gasteiger partial charge in [0.25, 0.3) is 5.91 Å². The monoisotopic (exact) mass is 352 g/mol. The van der Waals surface area contributed by atoms with E-state index in [1.165, 1.54) is 4.90 Å². The molecule has 6 heteroatoms. The SMILES string of the molecule is Cc1ccc(NC(=O)CN(C)C(=O)c2cccnc2N2CCCC2)cc1. The Labute approximate surface area is 153 Å². The van der Waals surface area contributed by atoms with Crippen molar-refractivity contribution in [3.63, 3.8) is 0 Å². The van der Waals surface area contributed by atoms with Gasteiger partial charge >= 0.3 is 0 Å². The van der Waals surface area contributed by atoms with Gasteiger partial charge in [-0.05, 0) is 44.0 Å². The number of nitrogens with one attached hydrogen (secondary N) is 1. The highest BCUT2D eigenvalue weighted by Crippen LogP contribution is 2.23. The lowest BCUT2D eigenvalue weighted by molar-refractivity contribution is -0.116. The van der Waals surface area contributed by atoms with Gasteiger partial charge in [-0.2, -0.15) is 0 Å². The summed E-state index contributed by atoms with van der Waals surface area (Å²) in [7, 11) is 1.64. The number of carbonyl (C=O) groups is 2. The van der Waals surface area contributed by atoms with Gasteiger partial charge in [0.1, 0.15) is 5.82 Å². The van der Waals surface area contributed by atoms with E-state index in [-0.39, 0.29) is 18.4 Å². The van der Waals surface area contributed by atoms with Gasteiger partial charge in [0.05, 0.1) is 12.1 Å². The Morgan fingerprint density at radius 2 is 1.85 bits per heavy atom. The lowest BCUT2D eigenvalue weighted by atomic mass is 10.2. The molecule has 0 aliphatic carbocycles. The summed E-state index contributed by atoms with van der Waals surface area (Å²) >= 11 is 0. The van der Waals surface area contributed by atoms with E-state index in [2.05, 4.69) is 15.2 Å². The van der Waals surface area contributed by atoms with Crippen molar-refractivity contribution in [2.24, 2.45) is 0 Å². The van der Waals surface area contributed by atoms with Crippen molar-refractivity contribution in [3.8, 4) is 0 Å². The fourth-order valence-electron chi connectivity index (χ4n) is 3.08. The van der Waals surface area contributed by atoms with Gasteiger partial charge in [0, 0.05) is 32.0 Å². The van der Waals surface area contributed by atoms with Gasteiger partial charge in [-0.3, -0.25) is 9.59 Å². The lowest BCUT2D eigenvalue weighted by Gasteiger charge is -2.22. The van der Waals surface area contributed by atoms with Crippen LogP contribution in [0.25, 0.3) is 0 Å². The number of hydrogen-bond acceptors (Lipinski definition) is 4. The minimum absolute atomic E-state index is 0.0129. The minimum atomic E-state index is -0.226. The van der Waals surface area contributed by atoms with E-state index in [1.54, 1.807) is 25.4 Å². The highest BCUT2D eigenvalue weighted by molar-refractivity contribution is 6.02. The van der Waals surface area contributed by atoms with Crippen LogP contribution >= 0.6 is 0 Å². The summed E-state index contributed by atoms with van der Waals surface area (Å²) in [6, 6.07) is 11.1.